The van der Waals surface area contributed by atoms with E-state index in [1.807, 2.05) is 12.1 Å². The number of rotatable bonds is 10. The highest BCUT2D eigenvalue weighted by Gasteiger charge is 2.17. The summed E-state index contributed by atoms with van der Waals surface area (Å²) in [7, 11) is 1.58. The van der Waals surface area contributed by atoms with E-state index < -0.39 is 11.8 Å². The molecule has 0 unspecified atom stereocenters. The summed E-state index contributed by atoms with van der Waals surface area (Å²) in [6.07, 6.45) is 2.08. The van der Waals surface area contributed by atoms with Gasteiger partial charge >= 0.3 is 11.8 Å². The maximum absolute atomic E-state index is 12.6. The third kappa shape index (κ3) is 7.21. The number of ether oxygens (including phenoxy) is 1. The average molecular weight is 413 g/mol. The van der Waals surface area contributed by atoms with E-state index >= 15 is 0 Å². The molecule has 0 fully saturated rings. The Morgan fingerprint density at radius 2 is 1.63 bits per heavy atom. The molecule has 0 aliphatic carbocycles. The maximum Gasteiger partial charge on any atom is 0.313 e. The number of hydrogen-bond donors (Lipinski definition) is 4. The fourth-order valence-corrected chi connectivity index (χ4v) is 2.69. The van der Waals surface area contributed by atoms with E-state index in [-0.39, 0.29) is 23.8 Å². The number of aliphatic hydroxyl groups is 1. The fourth-order valence-electron chi connectivity index (χ4n) is 2.69. The smallest absolute Gasteiger partial charge is 0.313 e. The van der Waals surface area contributed by atoms with E-state index in [2.05, 4.69) is 16.0 Å². The quantitative estimate of drug-likeness (QED) is 0.350. The first-order chi connectivity index (χ1) is 14.5. The van der Waals surface area contributed by atoms with Crippen LogP contribution in [-0.4, -0.2) is 43.1 Å². The van der Waals surface area contributed by atoms with Crippen LogP contribution < -0.4 is 20.7 Å². The number of amides is 3. The molecule has 0 saturated heterocycles. The second kappa shape index (κ2) is 12.2. The van der Waals surface area contributed by atoms with Crippen molar-refractivity contribution in [2.45, 2.75) is 25.8 Å². The Morgan fingerprint density at radius 3 is 2.33 bits per heavy atom. The van der Waals surface area contributed by atoms with Gasteiger partial charge in [-0.05, 0) is 49.1 Å². The molecule has 30 heavy (non-hydrogen) atoms. The molecule has 3 amide bonds. The summed E-state index contributed by atoms with van der Waals surface area (Å²) in [5.74, 6) is -1.25. The van der Waals surface area contributed by atoms with E-state index in [9.17, 15) is 14.4 Å². The standard InChI is InChI=1S/C22H27N3O5/c1-30-17-11-9-16(10-12-17)15-24-20(27)18-7-3-4-8-19(18)25-22(29)21(28)23-13-5-2-6-14-26/h3-4,7-12,26H,2,5-6,13-15H2,1H3,(H,23,28)(H,24,27)(H,25,29). The second-order valence-electron chi connectivity index (χ2n) is 6.57. The number of carbonyl (C=O) groups excluding carboxylic acids is 3. The fraction of sp³-hybridized carbons (Fsp3) is 0.318. The minimum absolute atomic E-state index is 0.103. The molecule has 0 aromatic heterocycles. The summed E-state index contributed by atoms with van der Waals surface area (Å²) in [5.41, 5.74) is 1.41. The first-order valence-electron chi connectivity index (χ1n) is 9.75. The Hall–Kier alpha value is -3.39. The van der Waals surface area contributed by atoms with Crippen LogP contribution in [0.1, 0.15) is 35.2 Å². The summed E-state index contributed by atoms with van der Waals surface area (Å²) in [4.78, 5) is 36.7. The predicted octanol–water partition coefficient (Wildman–Crippen LogP) is 1.84. The highest BCUT2D eigenvalue weighted by atomic mass is 16.5. The molecule has 2 aromatic carbocycles. The lowest BCUT2D eigenvalue weighted by Crippen LogP contribution is -2.36. The molecule has 2 rings (SSSR count). The monoisotopic (exact) mass is 413 g/mol. The van der Waals surface area contributed by atoms with Gasteiger partial charge in [-0.3, -0.25) is 14.4 Å². The molecular weight excluding hydrogens is 386 g/mol. The van der Waals surface area contributed by atoms with E-state index in [0.717, 1.165) is 17.7 Å². The average Bonchev–Trinajstić information content (AvgIpc) is 2.77. The molecule has 0 radical (unpaired) electrons. The lowest BCUT2D eigenvalue weighted by atomic mass is 10.1. The topological polar surface area (TPSA) is 117 Å². The van der Waals surface area contributed by atoms with Crippen molar-refractivity contribution in [3.8, 4) is 5.75 Å². The van der Waals surface area contributed by atoms with Gasteiger partial charge < -0.3 is 25.8 Å². The molecule has 0 saturated carbocycles. The number of hydrogen-bond acceptors (Lipinski definition) is 5. The molecule has 160 valence electrons. The molecule has 2 aromatic rings. The van der Waals surface area contributed by atoms with Crippen LogP contribution in [0.15, 0.2) is 48.5 Å². The van der Waals surface area contributed by atoms with Crippen molar-refractivity contribution in [2.24, 2.45) is 0 Å². The van der Waals surface area contributed by atoms with Crippen molar-refractivity contribution >= 4 is 23.4 Å². The molecule has 0 aliphatic heterocycles. The van der Waals surface area contributed by atoms with Crippen molar-refractivity contribution in [3.63, 3.8) is 0 Å². The number of nitrogens with one attached hydrogen (secondary N) is 3. The van der Waals surface area contributed by atoms with Crippen LogP contribution in [-0.2, 0) is 16.1 Å². The molecule has 0 bridgehead atoms. The van der Waals surface area contributed by atoms with Gasteiger partial charge in [0.05, 0.1) is 18.4 Å². The number of anilines is 1. The van der Waals surface area contributed by atoms with E-state index in [1.165, 1.54) is 0 Å². The van der Waals surface area contributed by atoms with Crippen LogP contribution in [0.4, 0.5) is 5.69 Å². The molecule has 0 heterocycles. The zero-order valence-corrected chi connectivity index (χ0v) is 16.9. The first-order valence-corrected chi connectivity index (χ1v) is 9.75. The summed E-state index contributed by atoms with van der Waals surface area (Å²) in [5, 5.41) is 16.5. The minimum atomic E-state index is -0.840. The zero-order chi connectivity index (χ0) is 21.8. The van der Waals surface area contributed by atoms with Crippen LogP contribution >= 0.6 is 0 Å². The normalized spacial score (nSPS) is 10.2. The molecule has 8 nitrogen and oxygen atoms in total. The Bertz CT molecular complexity index is 852. The summed E-state index contributed by atoms with van der Waals surface area (Å²) < 4.78 is 5.11. The van der Waals surface area contributed by atoms with Crippen molar-refractivity contribution in [2.75, 3.05) is 25.6 Å². The Labute approximate surface area is 175 Å². The minimum Gasteiger partial charge on any atom is -0.497 e. The lowest BCUT2D eigenvalue weighted by molar-refractivity contribution is -0.136. The van der Waals surface area contributed by atoms with Gasteiger partial charge in [0.25, 0.3) is 5.91 Å². The molecule has 0 atom stereocenters. The van der Waals surface area contributed by atoms with Gasteiger partial charge in [-0.1, -0.05) is 24.3 Å². The maximum atomic E-state index is 12.6. The van der Waals surface area contributed by atoms with Gasteiger partial charge in [-0.2, -0.15) is 0 Å². The summed E-state index contributed by atoms with van der Waals surface area (Å²) in [6, 6.07) is 13.8. The highest BCUT2D eigenvalue weighted by Crippen LogP contribution is 2.16. The van der Waals surface area contributed by atoms with Gasteiger partial charge in [0.15, 0.2) is 0 Å². The van der Waals surface area contributed by atoms with Gasteiger partial charge in [0.2, 0.25) is 0 Å². The Morgan fingerprint density at radius 1 is 0.900 bits per heavy atom. The number of benzene rings is 2. The van der Waals surface area contributed by atoms with Crippen molar-refractivity contribution in [3.05, 3.63) is 59.7 Å². The van der Waals surface area contributed by atoms with Crippen LogP contribution in [0.25, 0.3) is 0 Å². The lowest BCUT2D eigenvalue weighted by Gasteiger charge is -2.12. The van der Waals surface area contributed by atoms with Crippen molar-refractivity contribution in [1.29, 1.82) is 0 Å². The van der Waals surface area contributed by atoms with Crippen LogP contribution in [0.3, 0.4) is 0 Å². The highest BCUT2D eigenvalue weighted by molar-refractivity contribution is 6.40. The second-order valence-corrected chi connectivity index (χ2v) is 6.57. The third-order valence-electron chi connectivity index (χ3n) is 4.36. The van der Waals surface area contributed by atoms with Crippen LogP contribution in [0.2, 0.25) is 0 Å². The van der Waals surface area contributed by atoms with Crippen molar-refractivity contribution in [1.82, 2.24) is 10.6 Å². The number of methoxy groups -OCH3 is 1. The number of aliphatic hydroxyl groups excluding tert-OH is 1. The molecule has 4 N–H and O–H groups in total. The van der Waals surface area contributed by atoms with Gasteiger partial charge in [-0.25, -0.2) is 0 Å². The zero-order valence-electron chi connectivity index (χ0n) is 16.9. The van der Waals surface area contributed by atoms with E-state index in [4.69, 9.17) is 9.84 Å². The molecule has 0 spiro atoms. The van der Waals surface area contributed by atoms with E-state index in [1.54, 1.807) is 43.5 Å². The van der Waals surface area contributed by atoms with Crippen LogP contribution in [0, 0.1) is 0 Å². The van der Waals surface area contributed by atoms with Crippen LogP contribution in [0.5, 0.6) is 5.75 Å². The SMILES string of the molecule is COc1ccc(CNC(=O)c2ccccc2NC(=O)C(=O)NCCCCCO)cc1. The number of unbranched alkanes of at least 4 members (excludes halogenated alkanes) is 2. The molecular formula is C22H27N3O5. The van der Waals surface area contributed by atoms with Gasteiger partial charge in [-0.15, -0.1) is 0 Å². The molecule has 8 heteroatoms. The third-order valence-corrected chi connectivity index (χ3v) is 4.36. The van der Waals surface area contributed by atoms with Crippen molar-refractivity contribution < 1.29 is 24.2 Å². The first kappa shape index (κ1) is 22.9. The number of para-hydroxylation sites is 1. The number of carbonyl (C=O) groups is 3. The Balaban J connectivity index is 1.91. The Kier molecular flexibility index (Phi) is 9.33. The summed E-state index contributed by atoms with van der Waals surface area (Å²) in [6.45, 7) is 0.751. The van der Waals surface area contributed by atoms with Gasteiger partial charge in [0.1, 0.15) is 5.75 Å². The largest absolute Gasteiger partial charge is 0.497 e. The van der Waals surface area contributed by atoms with Gasteiger partial charge in [0, 0.05) is 19.7 Å². The molecule has 0 aliphatic rings. The predicted molar refractivity (Wildman–Crippen MR) is 113 cm³/mol. The summed E-state index contributed by atoms with van der Waals surface area (Å²) >= 11 is 0. The van der Waals surface area contributed by atoms with E-state index in [0.29, 0.717) is 25.9 Å².